The van der Waals surface area contributed by atoms with Crippen molar-refractivity contribution in [2.45, 2.75) is 38.1 Å². The summed E-state index contributed by atoms with van der Waals surface area (Å²) < 4.78 is 1.22. The van der Waals surface area contributed by atoms with Gasteiger partial charge in [-0.15, -0.1) is 11.3 Å². The summed E-state index contributed by atoms with van der Waals surface area (Å²) in [6, 6.07) is 8.33. The van der Waals surface area contributed by atoms with Gasteiger partial charge in [0.15, 0.2) is 0 Å². The fourth-order valence-electron chi connectivity index (χ4n) is 2.81. The standard InChI is InChI=1S/C16H21N3OS/c17-12-5-4-10-19(11-12)16(20)9-3-8-15-18-13-6-1-2-7-14(13)21-15/h1-2,6-7,12H,3-5,8-11,17H2. The third kappa shape index (κ3) is 3.60. The molecule has 0 spiro atoms. The fourth-order valence-corrected chi connectivity index (χ4v) is 3.82. The van der Waals surface area contributed by atoms with Gasteiger partial charge in [0.05, 0.1) is 15.2 Å². The number of hydrogen-bond acceptors (Lipinski definition) is 4. The Labute approximate surface area is 129 Å². The predicted octanol–water partition coefficient (Wildman–Crippen LogP) is 2.57. The van der Waals surface area contributed by atoms with Crippen LogP contribution < -0.4 is 5.73 Å². The summed E-state index contributed by atoms with van der Waals surface area (Å²) >= 11 is 1.73. The Bertz CT molecular complexity index is 592. The van der Waals surface area contributed by atoms with Crippen LogP contribution in [-0.2, 0) is 11.2 Å². The summed E-state index contributed by atoms with van der Waals surface area (Å²) in [6.45, 7) is 1.59. The van der Waals surface area contributed by atoms with Crippen molar-refractivity contribution < 1.29 is 4.79 Å². The minimum atomic E-state index is 0.159. The third-order valence-corrected chi connectivity index (χ3v) is 5.03. The van der Waals surface area contributed by atoms with E-state index in [1.54, 1.807) is 11.3 Å². The number of hydrogen-bond donors (Lipinski definition) is 1. The molecule has 112 valence electrons. The Balaban J connectivity index is 1.50. The Kier molecular flexibility index (Phi) is 4.51. The number of carbonyl (C=O) groups excluding carboxylic acids is 1. The van der Waals surface area contributed by atoms with Crippen molar-refractivity contribution in [3.8, 4) is 0 Å². The normalized spacial score (nSPS) is 19.1. The van der Waals surface area contributed by atoms with E-state index >= 15 is 0 Å². The molecule has 0 radical (unpaired) electrons. The van der Waals surface area contributed by atoms with Crippen LogP contribution in [0.3, 0.4) is 0 Å². The highest BCUT2D eigenvalue weighted by atomic mass is 32.1. The number of nitrogens with zero attached hydrogens (tertiary/aromatic N) is 2. The number of aromatic nitrogens is 1. The van der Waals surface area contributed by atoms with Crippen LogP contribution in [0.4, 0.5) is 0 Å². The van der Waals surface area contributed by atoms with Gasteiger partial charge in [0.25, 0.3) is 0 Å². The van der Waals surface area contributed by atoms with Crippen LogP contribution >= 0.6 is 11.3 Å². The number of nitrogens with two attached hydrogens (primary N) is 1. The van der Waals surface area contributed by atoms with Gasteiger partial charge in [0, 0.05) is 25.6 Å². The number of para-hydroxylation sites is 1. The van der Waals surface area contributed by atoms with Crippen molar-refractivity contribution in [1.82, 2.24) is 9.88 Å². The Morgan fingerprint density at radius 3 is 3.10 bits per heavy atom. The number of benzene rings is 1. The number of rotatable bonds is 4. The fraction of sp³-hybridized carbons (Fsp3) is 0.500. The van der Waals surface area contributed by atoms with E-state index in [1.165, 1.54) is 4.70 Å². The summed E-state index contributed by atoms with van der Waals surface area (Å²) in [7, 11) is 0. The highest BCUT2D eigenvalue weighted by molar-refractivity contribution is 7.18. The van der Waals surface area contributed by atoms with Crippen LogP contribution in [0.2, 0.25) is 0 Å². The number of piperidine rings is 1. The van der Waals surface area contributed by atoms with Gasteiger partial charge in [-0.2, -0.15) is 0 Å². The average Bonchev–Trinajstić information content (AvgIpc) is 2.89. The van der Waals surface area contributed by atoms with E-state index < -0.39 is 0 Å². The Hall–Kier alpha value is -1.46. The smallest absolute Gasteiger partial charge is 0.222 e. The molecule has 1 fully saturated rings. The summed E-state index contributed by atoms with van der Waals surface area (Å²) in [4.78, 5) is 18.7. The Morgan fingerprint density at radius 2 is 2.29 bits per heavy atom. The topological polar surface area (TPSA) is 59.2 Å². The number of thiazole rings is 1. The highest BCUT2D eigenvalue weighted by Crippen LogP contribution is 2.23. The molecule has 5 heteroatoms. The van der Waals surface area contributed by atoms with Gasteiger partial charge in [0.2, 0.25) is 5.91 Å². The van der Waals surface area contributed by atoms with Crippen molar-refractivity contribution in [3.63, 3.8) is 0 Å². The second-order valence-corrected chi connectivity index (χ2v) is 6.79. The average molecular weight is 303 g/mol. The van der Waals surface area contributed by atoms with Crippen molar-refractivity contribution in [3.05, 3.63) is 29.3 Å². The summed E-state index contributed by atoms with van der Waals surface area (Å²) in [5, 5.41) is 1.12. The van der Waals surface area contributed by atoms with Crippen molar-refractivity contribution in [2.75, 3.05) is 13.1 Å². The molecule has 1 amide bonds. The van der Waals surface area contributed by atoms with Gasteiger partial charge in [-0.05, 0) is 37.8 Å². The lowest BCUT2D eigenvalue weighted by Crippen LogP contribution is -2.45. The van der Waals surface area contributed by atoms with Gasteiger partial charge in [-0.1, -0.05) is 12.1 Å². The van der Waals surface area contributed by atoms with E-state index in [9.17, 15) is 4.79 Å². The molecule has 0 bridgehead atoms. The van der Waals surface area contributed by atoms with E-state index in [1.807, 2.05) is 23.1 Å². The molecule has 4 nitrogen and oxygen atoms in total. The number of amides is 1. The van der Waals surface area contributed by atoms with Crippen molar-refractivity contribution in [2.24, 2.45) is 5.73 Å². The SMILES string of the molecule is NC1CCCN(C(=O)CCCc2nc3ccccc3s2)C1. The number of likely N-dealkylation sites (tertiary alicyclic amines) is 1. The maximum atomic E-state index is 12.2. The zero-order valence-corrected chi connectivity index (χ0v) is 12.9. The second-order valence-electron chi connectivity index (χ2n) is 5.67. The molecule has 1 unspecified atom stereocenters. The van der Waals surface area contributed by atoms with Crippen LogP contribution in [0.25, 0.3) is 10.2 Å². The summed E-state index contributed by atoms with van der Waals surface area (Å²) in [6.07, 6.45) is 4.41. The molecular weight excluding hydrogens is 282 g/mol. The first kappa shape index (κ1) is 14.5. The van der Waals surface area contributed by atoms with Crippen molar-refractivity contribution in [1.29, 1.82) is 0 Å². The molecule has 1 saturated heterocycles. The number of aryl methyl sites for hydroxylation is 1. The second kappa shape index (κ2) is 6.54. The molecule has 2 heterocycles. The largest absolute Gasteiger partial charge is 0.341 e. The van der Waals surface area contributed by atoms with Crippen LogP contribution in [-0.4, -0.2) is 34.9 Å². The highest BCUT2D eigenvalue weighted by Gasteiger charge is 2.20. The van der Waals surface area contributed by atoms with E-state index in [0.717, 1.165) is 49.3 Å². The molecule has 1 aromatic carbocycles. The van der Waals surface area contributed by atoms with Gasteiger partial charge < -0.3 is 10.6 Å². The van der Waals surface area contributed by atoms with Gasteiger partial charge >= 0.3 is 0 Å². The van der Waals surface area contributed by atoms with Gasteiger partial charge in [-0.25, -0.2) is 4.98 Å². The molecule has 2 aromatic rings. The summed E-state index contributed by atoms with van der Waals surface area (Å²) in [5.74, 6) is 0.242. The molecule has 1 aromatic heterocycles. The minimum absolute atomic E-state index is 0.159. The monoisotopic (exact) mass is 303 g/mol. The first-order valence-corrected chi connectivity index (χ1v) is 8.42. The maximum Gasteiger partial charge on any atom is 0.222 e. The van der Waals surface area contributed by atoms with E-state index in [-0.39, 0.29) is 11.9 Å². The van der Waals surface area contributed by atoms with Crippen LogP contribution in [0.15, 0.2) is 24.3 Å². The Morgan fingerprint density at radius 1 is 1.43 bits per heavy atom. The van der Waals surface area contributed by atoms with E-state index in [4.69, 9.17) is 5.73 Å². The van der Waals surface area contributed by atoms with Crippen molar-refractivity contribution >= 4 is 27.5 Å². The lowest BCUT2D eigenvalue weighted by atomic mass is 10.1. The lowest BCUT2D eigenvalue weighted by Gasteiger charge is -2.30. The first-order valence-electron chi connectivity index (χ1n) is 7.60. The zero-order chi connectivity index (χ0) is 14.7. The van der Waals surface area contributed by atoms with Crippen LogP contribution in [0.5, 0.6) is 0 Å². The van der Waals surface area contributed by atoms with Gasteiger partial charge in [0.1, 0.15) is 0 Å². The molecular formula is C16H21N3OS. The maximum absolute atomic E-state index is 12.2. The first-order chi connectivity index (χ1) is 10.2. The lowest BCUT2D eigenvalue weighted by molar-refractivity contribution is -0.132. The van der Waals surface area contributed by atoms with E-state index in [2.05, 4.69) is 11.1 Å². The van der Waals surface area contributed by atoms with Crippen LogP contribution in [0, 0.1) is 0 Å². The van der Waals surface area contributed by atoms with Gasteiger partial charge in [-0.3, -0.25) is 4.79 Å². The molecule has 21 heavy (non-hydrogen) atoms. The molecule has 1 aliphatic heterocycles. The summed E-state index contributed by atoms with van der Waals surface area (Å²) in [5.41, 5.74) is 6.98. The molecule has 1 atom stereocenters. The predicted molar refractivity (Wildman–Crippen MR) is 86.3 cm³/mol. The third-order valence-electron chi connectivity index (χ3n) is 3.93. The minimum Gasteiger partial charge on any atom is -0.341 e. The molecule has 0 saturated carbocycles. The molecule has 1 aliphatic rings. The van der Waals surface area contributed by atoms with E-state index in [0.29, 0.717) is 6.42 Å². The number of fused-ring (bicyclic) bond motifs is 1. The van der Waals surface area contributed by atoms with Crippen LogP contribution in [0.1, 0.15) is 30.7 Å². The molecule has 2 N–H and O–H groups in total. The zero-order valence-electron chi connectivity index (χ0n) is 12.1. The molecule has 0 aliphatic carbocycles. The molecule has 3 rings (SSSR count). The quantitative estimate of drug-likeness (QED) is 0.944. The number of carbonyl (C=O) groups is 1.